The van der Waals surface area contributed by atoms with Gasteiger partial charge in [-0.1, -0.05) is 0 Å². The van der Waals surface area contributed by atoms with Crippen LogP contribution in [0.15, 0.2) is 23.9 Å². The van der Waals surface area contributed by atoms with E-state index < -0.39 is 17.8 Å². The van der Waals surface area contributed by atoms with E-state index in [2.05, 4.69) is 0 Å². The molecule has 4 amide bonds. The summed E-state index contributed by atoms with van der Waals surface area (Å²) in [6.07, 6.45) is 3.22. The third kappa shape index (κ3) is 1.72. The zero-order valence-corrected chi connectivity index (χ0v) is 8.48. The highest BCUT2D eigenvalue weighted by atomic mass is 16.2. The average molecular weight is 219 g/mol. The molecule has 0 atom stereocenters. The number of amides is 4. The van der Waals surface area contributed by atoms with Crippen LogP contribution in [0.25, 0.3) is 6.08 Å². The standard InChI is InChI=1S/C10H9N3O3/c1-13-4-2-3-6(13)5-7-8(14)11-10(16)12-9(7)15/h2-5H,1H3,(H2,11,12,14,15,16). The highest BCUT2D eigenvalue weighted by Crippen LogP contribution is 2.09. The summed E-state index contributed by atoms with van der Waals surface area (Å²) in [7, 11) is 1.79. The monoisotopic (exact) mass is 219 g/mol. The maximum Gasteiger partial charge on any atom is 0.328 e. The van der Waals surface area contributed by atoms with Crippen molar-refractivity contribution in [3.05, 3.63) is 29.6 Å². The predicted molar refractivity (Wildman–Crippen MR) is 55.1 cm³/mol. The molecular formula is C10H9N3O3. The van der Waals surface area contributed by atoms with E-state index in [1.54, 1.807) is 29.9 Å². The molecule has 1 saturated heterocycles. The number of rotatable bonds is 1. The summed E-state index contributed by atoms with van der Waals surface area (Å²) in [6, 6.07) is 2.75. The maximum absolute atomic E-state index is 11.4. The quantitative estimate of drug-likeness (QED) is 0.506. The SMILES string of the molecule is Cn1cccc1C=C1C(=O)NC(=O)NC1=O. The molecule has 82 valence electrons. The van der Waals surface area contributed by atoms with Crippen molar-refractivity contribution in [3.63, 3.8) is 0 Å². The van der Waals surface area contributed by atoms with E-state index in [0.29, 0.717) is 5.69 Å². The second-order valence-electron chi connectivity index (χ2n) is 3.34. The van der Waals surface area contributed by atoms with Crippen LogP contribution in [0.5, 0.6) is 0 Å². The van der Waals surface area contributed by atoms with Crippen LogP contribution in [-0.4, -0.2) is 22.4 Å². The molecule has 0 aromatic carbocycles. The first-order chi connectivity index (χ1) is 7.58. The van der Waals surface area contributed by atoms with Crippen LogP contribution in [0.1, 0.15) is 5.69 Å². The van der Waals surface area contributed by atoms with Crippen LogP contribution in [-0.2, 0) is 16.6 Å². The van der Waals surface area contributed by atoms with E-state index in [0.717, 1.165) is 0 Å². The first-order valence-electron chi connectivity index (χ1n) is 4.57. The van der Waals surface area contributed by atoms with Crippen molar-refractivity contribution in [3.8, 4) is 0 Å². The molecule has 1 aliphatic heterocycles. The molecule has 2 rings (SSSR count). The Labute approximate surface area is 90.9 Å². The molecule has 1 aliphatic rings. The number of aryl methyl sites for hydroxylation is 1. The first-order valence-corrected chi connectivity index (χ1v) is 4.57. The van der Waals surface area contributed by atoms with Crippen LogP contribution in [0, 0.1) is 0 Å². The highest BCUT2D eigenvalue weighted by Gasteiger charge is 2.27. The van der Waals surface area contributed by atoms with E-state index >= 15 is 0 Å². The number of carbonyl (C=O) groups excluding carboxylic acids is 3. The fourth-order valence-corrected chi connectivity index (χ4v) is 1.38. The summed E-state index contributed by atoms with van der Waals surface area (Å²) in [5, 5.41) is 4.01. The molecule has 0 saturated carbocycles. The molecule has 6 heteroatoms. The lowest BCUT2D eigenvalue weighted by Crippen LogP contribution is -2.51. The number of imide groups is 2. The van der Waals surface area contributed by atoms with Crippen molar-refractivity contribution in [2.75, 3.05) is 0 Å². The van der Waals surface area contributed by atoms with Gasteiger partial charge >= 0.3 is 6.03 Å². The Balaban J connectivity index is 2.37. The van der Waals surface area contributed by atoms with E-state index in [-0.39, 0.29) is 5.57 Å². The van der Waals surface area contributed by atoms with Gasteiger partial charge in [0.2, 0.25) is 0 Å². The highest BCUT2D eigenvalue weighted by molar-refractivity contribution is 6.31. The Morgan fingerprint density at radius 3 is 2.31 bits per heavy atom. The summed E-state index contributed by atoms with van der Waals surface area (Å²) in [5.41, 5.74) is 0.621. The molecular weight excluding hydrogens is 210 g/mol. The van der Waals surface area contributed by atoms with Crippen molar-refractivity contribution in [1.29, 1.82) is 0 Å². The van der Waals surface area contributed by atoms with Gasteiger partial charge in [0, 0.05) is 18.9 Å². The molecule has 0 radical (unpaired) electrons. The summed E-state index contributed by atoms with van der Waals surface area (Å²) in [5.74, 6) is -1.37. The summed E-state index contributed by atoms with van der Waals surface area (Å²) < 4.78 is 1.75. The van der Waals surface area contributed by atoms with Gasteiger partial charge in [0.1, 0.15) is 5.57 Å². The molecule has 1 aromatic heterocycles. The number of hydrogen-bond acceptors (Lipinski definition) is 3. The lowest BCUT2D eigenvalue weighted by atomic mass is 10.1. The molecule has 2 N–H and O–H groups in total. The fourth-order valence-electron chi connectivity index (χ4n) is 1.38. The van der Waals surface area contributed by atoms with E-state index in [4.69, 9.17) is 0 Å². The number of nitrogens with one attached hydrogen (secondary N) is 2. The van der Waals surface area contributed by atoms with Crippen molar-refractivity contribution >= 4 is 23.9 Å². The number of barbiturate groups is 1. The van der Waals surface area contributed by atoms with E-state index in [1.165, 1.54) is 6.08 Å². The minimum Gasteiger partial charge on any atom is -0.351 e. The molecule has 0 aliphatic carbocycles. The van der Waals surface area contributed by atoms with Gasteiger partial charge < -0.3 is 4.57 Å². The average Bonchev–Trinajstić information content (AvgIpc) is 2.57. The van der Waals surface area contributed by atoms with Gasteiger partial charge in [-0.15, -0.1) is 0 Å². The summed E-state index contributed by atoms with van der Waals surface area (Å²) in [4.78, 5) is 33.6. The smallest absolute Gasteiger partial charge is 0.328 e. The van der Waals surface area contributed by atoms with Gasteiger partial charge in [-0.25, -0.2) is 4.79 Å². The first kappa shape index (κ1) is 10.2. The Bertz CT molecular complexity index is 491. The minimum atomic E-state index is -0.793. The van der Waals surface area contributed by atoms with Gasteiger partial charge in [0.05, 0.1) is 0 Å². The second kappa shape index (κ2) is 3.65. The molecule has 1 fully saturated rings. The number of nitrogens with zero attached hydrogens (tertiary/aromatic N) is 1. The van der Waals surface area contributed by atoms with Crippen molar-refractivity contribution < 1.29 is 14.4 Å². The predicted octanol–water partition coefficient (Wildman–Crippen LogP) is -0.226. The molecule has 16 heavy (non-hydrogen) atoms. The second-order valence-corrected chi connectivity index (χ2v) is 3.34. The lowest BCUT2D eigenvalue weighted by molar-refractivity contribution is -0.123. The van der Waals surface area contributed by atoms with Crippen LogP contribution in [0.3, 0.4) is 0 Å². The Morgan fingerprint density at radius 2 is 1.81 bits per heavy atom. The zero-order valence-electron chi connectivity index (χ0n) is 8.48. The van der Waals surface area contributed by atoms with Crippen LogP contribution in [0.4, 0.5) is 4.79 Å². The maximum atomic E-state index is 11.4. The largest absolute Gasteiger partial charge is 0.351 e. The van der Waals surface area contributed by atoms with Gasteiger partial charge in [0.25, 0.3) is 11.8 Å². The number of aromatic nitrogens is 1. The third-order valence-corrected chi connectivity index (χ3v) is 2.22. The van der Waals surface area contributed by atoms with E-state index in [9.17, 15) is 14.4 Å². The molecule has 0 bridgehead atoms. The van der Waals surface area contributed by atoms with Crippen LogP contribution >= 0.6 is 0 Å². The van der Waals surface area contributed by atoms with Gasteiger partial charge in [-0.05, 0) is 18.2 Å². The summed E-state index contributed by atoms with van der Waals surface area (Å²) in [6.45, 7) is 0. The Kier molecular flexibility index (Phi) is 2.32. The third-order valence-electron chi connectivity index (χ3n) is 2.22. The van der Waals surface area contributed by atoms with Crippen LogP contribution < -0.4 is 10.6 Å². The Hall–Kier alpha value is -2.37. The van der Waals surface area contributed by atoms with Gasteiger partial charge in [-0.3, -0.25) is 20.2 Å². The number of hydrogen-bond donors (Lipinski definition) is 2. The molecule has 1 aromatic rings. The number of urea groups is 1. The summed E-state index contributed by atoms with van der Waals surface area (Å²) >= 11 is 0. The molecule has 2 heterocycles. The van der Waals surface area contributed by atoms with E-state index in [1.807, 2.05) is 10.6 Å². The van der Waals surface area contributed by atoms with Crippen LogP contribution in [0.2, 0.25) is 0 Å². The fraction of sp³-hybridized carbons (Fsp3) is 0.100. The molecule has 0 unspecified atom stereocenters. The lowest BCUT2D eigenvalue weighted by Gasteiger charge is -2.13. The van der Waals surface area contributed by atoms with Gasteiger partial charge in [-0.2, -0.15) is 0 Å². The number of carbonyl (C=O) groups is 3. The normalized spacial score (nSPS) is 15.8. The molecule has 0 spiro atoms. The van der Waals surface area contributed by atoms with Crippen molar-refractivity contribution in [1.82, 2.24) is 15.2 Å². The Morgan fingerprint density at radius 1 is 1.19 bits per heavy atom. The van der Waals surface area contributed by atoms with Gasteiger partial charge in [0.15, 0.2) is 0 Å². The topological polar surface area (TPSA) is 80.2 Å². The minimum absolute atomic E-state index is 0.0820. The molecule has 6 nitrogen and oxygen atoms in total. The van der Waals surface area contributed by atoms with Crippen molar-refractivity contribution in [2.24, 2.45) is 7.05 Å². The van der Waals surface area contributed by atoms with Crippen molar-refractivity contribution in [2.45, 2.75) is 0 Å². The zero-order chi connectivity index (χ0) is 11.7.